The molecule has 0 unspecified atom stereocenters. The number of benzene rings is 1. The van der Waals surface area contributed by atoms with Gasteiger partial charge in [-0.05, 0) is 29.5 Å². The fraction of sp³-hybridized carbons (Fsp3) is 0.211. The maximum absolute atomic E-state index is 11.8. The summed E-state index contributed by atoms with van der Waals surface area (Å²) in [5.41, 5.74) is 0.677. The number of rotatable bonds is 10. The monoisotopic (exact) mass is 451 g/mol. The first kappa shape index (κ1) is 23.3. The van der Waals surface area contributed by atoms with Crippen molar-refractivity contribution in [3.05, 3.63) is 63.7 Å². The van der Waals surface area contributed by atoms with Crippen LogP contribution >= 0.6 is 11.3 Å². The van der Waals surface area contributed by atoms with Crippen LogP contribution in [0.1, 0.15) is 10.4 Å². The normalized spacial score (nSPS) is 11.2. The number of ether oxygens (including phenoxy) is 1. The van der Waals surface area contributed by atoms with Crippen molar-refractivity contribution in [2.75, 3.05) is 19.7 Å². The molecule has 9 nitrogen and oxygen atoms in total. The zero-order chi connectivity index (χ0) is 21.8. The summed E-state index contributed by atoms with van der Waals surface area (Å²) in [5, 5.41) is 7.36. The van der Waals surface area contributed by atoms with Crippen LogP contribution in [0.15, 0.2) is 53.3 Å². The highest BCUT2D eigenvalue weighted by Crippen LogP contribution is 2.08. The van der Waals surface area contributed by atoms with Crippen molar-refractivity contribution in [2.24, 2.45) is 0 Å². The Morgan fingerprint density at radius 2 is 1.83 bits per heavy atom. The number of amides is 3. The van der Waals surface area contributed by atoms with Gasteiger partial charge in [0.25, 0.3) is 5.91 Å². The Morgan fingerprint density at radius 1 is 1.07 bits per heavy atom. The Balaban J connectivity index is 1.62. The minimum atomic E-state index is -3.86. The molecule has 0 radical (unpaired) electrons. The van der Waals surface area contributed by atoms with Crippen LogP contribution in [0.2, 0.25) is 0 Å². The second kappa shape index (κ2) is 11.9. The Kier molecular flexibility index (Phi) is 9.19. The van der Waals surface area contributed by atoms with Crippen molar-refractivity contribution in [1.29, 1.82) is 0 Å². The number of carbonyl (C=O) groups is 3. The highest BCUT2D eigenvalue weighted by molar-refractivity contribution is 7.92. The second-order valence-corrected chi connectivity index (χ2v) is 8.56. The number of nitrogens with one attached hydrogen (secondary N) is 3. The van der Waals surface area contributed by atoms with Gasteiger partial charge in [-0.15, -0.1) is 11.3 Å². The number of sulfonamides is 1. The van der Waals surface area contributed by atoms with Gasteiger partial charge in [0.1, 0.15) is 6.54 Å². The lowest BCUT2D eigenvalue weighted by Gasteiger charge is -2.07. The van der Waals surface area contributed by atoms with Gasteiger partial charge in [0.15, 0.2) is 6.61 Å². The predicted molar refractivity (Wildman–Crippen MR) is 113 cm³/mol. The van der Waals surface area contributed by atoms with Crippen LogP contribution in [-0.4, -0.2) is 46.0 Å². The van der Waals surface area contributed by atoms with E-state index in [2.05, 4.69) is 10.1 Å². The molecule has 1 aromatic carbocycles. The largest absolute Gasteiger partial charge is 0.455 e. The minimum Gasteiger partial charge on any atom is -0.455 e. The summed E-state index contributed by atoms with van der Waals surface area (Å²) < 4.78 is 30.4. The van der Waals surface area contributed by atoms with Gasteiger partial charge in [0.05, 0.1) is 0 Å². The molecular weight excluding hydrogens is 430 g/mol. The zero-order valence-electron chi connectivity index (χ0n) is 15.9. The van der Waals surface area contributed by atoms with E-state index in [9.17, 15) is 22.8 Å². The molecule has 3 amide bonds. The third-order valence-corrected chi connectivity index (χ3v) is 5.49. The van der Waals surface area contributed by atoms with E-state index in [4.69, 9.17) is 0 Å². The Hall–Kier alpha value is -3.02. The van der Waals surface area contributed by atoms with Crippen molar-refractivity contribution < 1.29 is 27.5 Å². The average molecular weight is 452 g/mol. The van der Waals surface area contributed by atoms with E-state index in [1.165, 1.54) is 6.08 Å². The summed E-state index contributed by atoms with van der Waals surface area (Å²) in [6.45, 7) is -1.02. The number of hydrogen-bond donors (Lipinski definition) is 3. The summed E-state index contributed by atoms with van der Waals surface area (Å²) in [6.07, 6.45) is 2.01. The third kappa shape index (κ3) is 9.45. The number of hydrogen-bond acceptors (Lipinski definition) is 7. The van der Waals surface area contributed by atoms with Crippen LogP contribution in [0.5, 0.6) is 0 Å². The van der Waals surface area contributed by atoms with Gasteiger partial charge < -0.3 is 10.1 Å². The van der Waals surface area contributed by atoms with Gasteiger partial charge in [-0.2, -0.15) is 0 Å². The topological polar surface area (TPSA) is 131 Å². The molecule has 0 fully saturated rings. The molecule has 0 aliphatic carbocycles. The van der Waals surface area contributed by atoms with Crippen LogP contribution in [0, 0.1) is 0 Å². The first-order valence-corrected chi connectivity index (χ1v) is 11.2. The highest BCUT2D eigenvalue weighted by atomic mass is 32.2. The van der Waals surface area contributed by atoms with E-state index >= 15 is 0 Å². The third-order valence-electron chi connectivity index (χ3n) is 3.51. The van der Waals surface area contributed by atoms with Crippen molar-refractivity contribution in [1.82, 2.24) is 15.4 Å². The van der Waals surface area contributed by atoms with Crippen molar-refractivity contribution >= 4 is 45.3 Å². The van der Waals surface area contributed by atoms with E-state index in [0.717, 1.165) is 10.3 Å². The summed E-state index contributed by atoms with van der Waals surface area (Å²) in [5.74, 6) is -1.79. The molecule has 160 valence electrons. The molecule has 2 rings (SSSR count). The number of thiophene rings is 1. The Morgan fingerprint density at radius 3 is 2.53 bits per heavy atom. The fourth-order valence-corrected chi connectivity index (χ4v) is 3.56. The molecule has 0 bridgehead atoms. The maximum Gasteiger partial charge on any atom is 0.321 e. The first-order valence-electron chi connectivity index (χ1n) is 8.82. The van der Waals surface area contributed by atoms with E-state index < -0.39 is 41.1 Å². The molecular formula is C19H21N3O6S2. The highest BCUT2D eigenvalue weighted by Gasteiger charge is 2.13. The number of esters is 1. The van der Waals surface area contributed by atoms with Gasteiger partial charge in [-0.25, -0.2) is 17.9 Å². The standard InChI is InChI=1S/C19H21N3O6S2/c23-17(22-19(25)20-10-8-16-7-4-11-29-16)14-28-18(24)13-21-30(26,27)12-9-15-5-2-1-3-6-15/h1-7,9,11-12,21H,8,10,13-14H2,(H2,20,22,23,25)/b12-9+. The predicted octanol–water partition coefficient (Wildman–Crippen LogP) is 1.25. The van der Waals surface area contributed by atoms with Crippen LogP contribution in [0.25, 0.3) is 6.08 Å². The summed E-state index contributed by atoms with van der Waals surface area (Å²) in [6, 6.07) is 11.9. The molecule has 0 saturated carbocycles. The molecule has 0 aliphatic heterocycles. The van der Waals surface area contributed by atoms with Crippen molar-refractivity contribution in [3.63, 3.8) is 0 Å². The lowest BCUT2D eigenvalue weighted by atomic mass is 10.2. The fourth-order valence-electron chi connectivity index (χ4n) is 2.10. The zero-order valence-corrected chi connectivity index (χ0v) is 17.5. The van der Waals surface area contributed by atoms with Gasteiger partial charge >= 0.3 is 12.0 Å². The summed E-state index contributed by atoms with van der Waals surface area (Å²) in [7, 11) is -3.86. The molecule has 0 aliphatic rings. The van der Waals surface area contributed by atoms with Crippen LogP contribution in [0.4, 0.5) is 4.79 Å². The first-order chi connectivity index (χ1) is 14.3. The number of carbonyl (C=O) groups excluding carboxylic acids is 3. The van der Waals surface area contributed by atoms with E-state index in [0.29, 0.717) is 18.5 Å². The molecule has 11 heteroatoms. The minimum absolute atomic E-state index is 0.345. The van der Waals surface area contributed by atoms with Gasteiger partial charge in [-0.3, -0.25) is 14.9 Å². The van der Waals surface area contributed by atoms with Gasteiger partial charge in [0.2, 0.25) is 10.0 Å². The smallest absolute Gasteiger partial charge is 0.321 e. The molecule has 0 atom stereocenters. The quantitative estimate of drug-likeness (QED) is 0.466. The number of urea groups is 1. The second-order valence-electron chi connectivity index (χ2n) is 5.87. The molecule has 3 N–H and O–H groups in total. The lowest BCUT2D eigenvalue weighted by Crippen LogP contribution is -2.42. The molecule has 1 aromatic heterocycles. The van der Waals surface area contributed by atoms with Crippen LogP contribution < -0.4 is 15.4 Å². The van der Waals surface area contributed by atoms with E-state index in [-0.39, 0.29) is 0 Å². The molecule has 30 heavy (non-hydrogen) atoms. The van der Waals surface area contributed by atoms with Crippen molar-refractivity contribution in [2.45, 2.75) is 6.42 Å². The Bertz CT molecular complexity index is 973. The number of imide groups is 1. The summed E-state index contributed by atoms with van der Waals surface area (Å²) in [4.78, 5) is 35.9. The average Bonchev–Trinajstić information content (AvgIpc) is 3.24. The van der Waals surface area contributed by atoms with Gasteiger partial charge in [-0.1, -0.05) is 36.4 Å². The van der Waals surface area contributed by atoms with Gasteiger partial charge in [0, 0.05) is 16.8 Å². The summed E-state index contributed by atoms with van der Waals surface area (Å²) >= 11 is 1.56. The molecule has 0 spiro atoms. The van der Waals surface area contributed by atoms with E-state index in [1.54, 1.807) is 41.7 Å². The van der Waals surface area contributed by atoms with Crippen molar-refractivity contribution in [3.8, 4) is 0 Å². The van der Waals surface area contributed by atoms with Crippen LogP contribution in [-0.2, 0) is 30.8 Å². The molecule has 0 saturated heterocycles. The Labute approximate surface area is 178 Å². The van der Waals surface area contributed by atoms with Crippen LogP contribution in [0.3, 0.4) is 0 Å². The molecule has 1 heterocycles. The lowest BCUT2D eigenvalue weighted by molar-refractivity contribution is -0.147. The molecule has 2 aromatic rings. The van der Waals surface area contributed by atoms with E-state index in [1.807, 2.05) is 27.6 Å². The maximum atomic E-state index is 11.8. The SMILES string of the molecule is O=C(COC(=O)CNS(=O)(=O)/C=C/c1ccccc1)NC(=O)NCCc1cccs1.